The van der Waals surface area contributed by atoms with E-state index < -0.39 is 0 Å². The molecule has 2 atom stereocenters. The van der Waals surface area contributed by atoms with Gasteiger partial charge in [-0.15, -0.1) is 0 Å². The molecule has 0 saturated heterocycles. The second-order valence-corrected chi connectivity index (χ2v) is 5.65. The van der Waals surface area contributed by atoms with Gasteiger partial charge in [0, 0.05) is 12.0 Å². The van der Waals surface area contributed by atoms with Crippen LogP contribution < -0.4 is 5.32 Å². The molecule has 0 heterocycles. The summed E-state index contributed by atoms with van der Waals surface area (Å²) in [4.78, 5) is 0. The normalized spacial score (nSPS) is 28.6. The first-order valence-electron chi connectivity index (χ1n) is 5.85. The van der Waals surface area contributed by atoms with E-state index in [1.807, 2.05) is 25.2 Å². The van der Waals surface area contributed by atoms with Gasteiger partial charge < -0.3 is 10.4 Å². The Morgan fingerprint density at radius 2 is 2.18 bits per heavy atom. The van der Waals surface area contributed by atoms with E-state index in [4.69, 9.17) is 23.2 Å². The smallest absolute Gasteiger partial charge is 0.0595 e. The molecule has 1 fully saturated rings. The van der Waals surface area contributed by atoms with Crippen LogP contribution in [0.15, 0.2) is 18.2 Å². The molecule has 1 aromatic carbocycles. The van der Waals surface area contributed by atoms with Crippen LogP contribution in [0.25, 0.3) is 0 Å². The minimum absolute atomic E-state index is 0.0115. The average Bonchev–Trinajstić information content (AvgIpc) is 2.66. The summed E-state index contributed by atoms with van der Waals surface area (Å²) in [5.41, 5.74) is 1.15. The molecule has 0 aromatic heterocycles. The Hall–Kier alpha value is -0.280. The lowest BCUT2D eigenvalue weighted by molar-refractivity contribution is 0.173. The van der Waals surface area contributed by atoms with Crippen molar-refractivity contribution in [1.29, 1.82) is 0 Å². The summed E-state index contributed by atoms with van der Waals surface area (Å²) >= 11 is 12.0. The molecular weight excluding hydrogens is 257 g/mol. The van der Waals surface area contributed by atoms with Crippen LogP contribution >= 0.6 is 23.2 Å². The van der Waals surface area contributed by atoms with Crippen molar-refractivity contribution in [2.75, 3.05) is 13.6 Å². The number of hydrogen-bond acceptors (Lipinski definition) is 2. The van der Waals surface area contributed by atoms with E-state index in [2.05, 4.69) is 5.32 Å². The second-order valence-electron chi connectivity index (χ2n) is 4.84. The first-order chi connectivity index (χ1) is 8.07. The van der Waals surface area contributed by atoms with Crippen LogP contribution in [-0.2, 0) is 5.41 Å². The Morgan fingerprint density at radius 3 is 2.71 bits per heavy atom. The van der Waals surface area contributed by atoms with Crippen LogP contribution in [0.5, 0.6) is 0 Å². The molecule has 1 saturated carbocycles. The standard InChI is InChI=1S/C13H17Cl2NO/c1-16-8-13(5-4-10(17)7-13)9-2-3-11(14)12(15)6-9/h2-3,6,10,16-17H,4-5,7-8H2,1H3. The largest absolute Gasteiger partial charge is 0.393 e. The highest BCUT2D eigenvalue weighted by molar-refractivity contribution is 6.42. The number of benzene rings is 1. The fourth-order valence-electron chi connectivity index (χ4n) is 2.79. The number of nitrogens with one attached hydrogen (secondary N) is 1. The van der Waals surface area contributed by atoms with E-state index in [0.29, 0.717) is 10.0 Å². The molecule has 17 heavy (non-hydrogen) atoms. The van der Waals surface area contributed by atoms with Gasteiger partial charge in [0.25, 0.3) is 0 Å². The fourth-order valence-corrected chi connectivity index (χ4v) is 3.09. The van der Waals surface area contributed by atoms with Gasteiger partial charge in [0.1, 0.15) is 0 Å². The molecule has 1 aliphatic rings. The lowest BCUT2D eigenvalue weighted by atomic mass is 9.78. The number of rotatable bonds is 3. The van der Waals surface area contributed by atoms with Crippen molar-refractivity contribution in [3.8, 4) is 0 Å². The molecule has 0 spiro atoms. The van der Waals surface area contributed by atoms with Crippen LogP contribution in [0.3, 0.4) is 0 Å². The Balaban J connectivity index is 2.35. The van der Waals surface area contributed by atoms with Gasteiger partial charge in [0.2, 0.25) is 0 Å². The zero-order chi connectivity index (χ0) is 12.5. The van der Waals surface area contributed by atoms with Crippen LogP contribution in [-0.4, -0.2) is 24.8 Å². The van der Waals surface area contributed by atoms with Gasteiger partial charge in [0.05, 0.1) is 16.1 Å². The predicted molar refractivity (Wildman–Crippen MR) is 71.9 cm³/mol. The first-order valence-corrected chi connectivity index (χ1v) is 6.61. The number of hydrogen-bond donors (Lipinski definition) is 2. The van der Waals surface area contributed by atoms with Gasteiger partial charge in [-0.3, -0.25) is 0 Å². The Kier molecular flexibility index (Phi) is 3.99. The van der Waals surface area contributed by atoms with Gasteiger partial charge in [-0.2, -0.15) is 0 Å². The summed E-state index contributed by atoms with van der Waals surface area (Å²) in [6.45, 7) is 0.849. The quantitative estimate of drug-likeness (QED) is 0.888. The highest BCUT2D eigenvalue weighted by Crippen LogP contribution is 2.42. The van der Waals surface area contributed by atoms with Gasteiger partial charge in [-0.25, -0.2) is 0 Å². The molecule has 94 valence electrons. The van der Waals surface area contributed by atoms with Crippen molar-refractivity contribution >= 4 is 23.2 Å². The van der Waals surface area contributed by atoms with E-state index in [1.165, 1.54) is 0 Å². The lowest BCUT2D eigenvalue weighted by Gasteiger charge is -2.30. The van der Waals surface area contributed by atoms with Crippen molar-refractivity contribution in [1.82, 2.24) is 5.32 Å². The minimum Gasteiger partial charge on any atom is -0.393 e. The minimum atomic E-state index is -0.210. The molecule has 0 amide bonds. The summed E-state index contributed by atoms with van der Waals surface area (Å²) in [5, 5.41) is 14.2. The topological polar surface area (TPSA) is 32.3 Å². The van der Waals surface area contributed by atoms with Gasteiger partial charge in [-0.05, 0) is 44.0 Å². The van der Waals surface area contributed by atoms with Crippen LogP contribution in [0.2, 0.25) is 10.0 Å². The predicted octanol–water partition coefficient (Wildman–Crippen LogP) is 3.00. The average molecular weight is 274 g/mol. The Bertz CT molecular complexity index is 406. The number of aliphatic hydroxyl groups is 1. The van der Waals surface area contributed by atoms with Gasteiger partial charge in [-0.1, -0.05) is 29.3 Å². The Labute approximate surface area is 112 Å². The molecule has 2 nitrogen and oxygen atoms in total. The maximum atomic E-state index is 9.79. The maximum absolute atomic E-state index is 9.79. The van der Waals surface area contributed by atoms with Crippen LogP contribution in [0.4, 0.5) is 0 Å². The van der Waals surface area contributed by atoms with Gasteiger partial charge >= 0.3 is 0 Å². The van der Waals surface area contributed by atoms with Crippen LogP contribution in [0, 0.1) is 0 Å². The van der Waals surface area contributed by atoms with Crippen LogP contribution in [0.1, 0.15) is 24.8 Å². The molecule has 1 aliphatic carbocycles. The molecule has 2 rings (SSSR count). The first kappa shape index (κ1) is 13.2. The molecule has 4 heteroatoms. The molecule has 0 bridgehead atoms. The number of halogens is 2. The molecular formula is C13H17Cl2NO. The van der Waals surface area contributed by atoms with E-state index in [0.717, 1.165) is 31.4 Å². The van der Waals surface area contributed by atoms with Crippen molar-refractivity contribution in [3.63, 3.8) is 0 Å². The zero-order valence-electron chi connectivity index (χ0n) is 9.84. The third-order valence-electron chi connectivity index (χ3n) is 3.63. The van der Waals surface area contributed by atoms with E-state index in [-0.39, 0.29) is 11.5 Å². The van der Waals surface area contributed by atoms with Crippen molar-refractivity contribution < 1.29 is 5.11 Å². The Morgan fingerprint density at radius 1 is 1.41 bits per heavy atom. The lowest BCUT2D eigenvalue weighted by Crippen LogP contribution is -2.35. The third-order valence-corrected chi connectivity index (χ3v) is 4.37. The fraction of sp³-hybridized carbons (Fsp3) is 0.538. The summed E-state index contributed by atoms with van der Waals surface area (Å²) in [6, 6.07) is 5.78. The number of likely N-dealkylation sites (N-methyl/N-ethyl adjacent to an activating group) is 1. The highest BCUT2D eigenvalue weighted by atomic mass is 35.5. The van der Waals surface area contributed by atoms with E-state index in [1.54, 1.807) is 0 Å². The molecule has 1 aromatic rings. The SMILES string of the molecule is CNCC1(c2ccc(Cl)c(Cl)c2)CCC(O)C1. The van der Waals surface area contributed by atoms with Crippen molar-refractivity contribution in [2.45, 2.75) is 30.8 Å². The summed E-state index contributed by atoms with van der Waals surface area (Å²) < 4.78 is 0. The third kappa shape index (κ3) is 2.60. The monoisotopic (exact) mass is 273 g/mol. The maximum Gasteiger partial charge on any atom is 0.0595 e. The van der Waals surface area contributed by atoms with Crippen molar-refractivity contribution in [3.05, 3.63) is 33.8 Å². The summed E-state index contributed by atoms with van der Waals surface area (Å²) in [5.74, 6) is 0. The highest BCUT2D eigenvalue weighted by Gasteiger charge is 2.39. The molecule has 2 N–H and O–H groups in total. The zero-order valence-corrected chi connectivity index (χ0v) is 11.4. The summed E-state index contributed by atoms with van der Waals surface area (Å²) in [7, 11) is 1.93. The van der Waals surface area contributed by atoms with Crippen molar-refractivity contribution in [2.24, 2.45) is 0 Å². The van der Waals surface area contributed by atoms with Gasteiger partial charge in [0.15, 0.2) is 0 Å². The molecule has 2 unspecified atom stereocenters. The second kappa shape index (κ2) is 5.15. The molecule has 0 radical (unpaired) electrons. The number of aliphatic hydroxyl groups excluding tert-OH is 1. The van der Waals surface area contributed by atoms with E-state index >= 15 is 0 Å². The van der Waals surface area contributed by atoms with E-state index in [9.17, 15) is 5.11 Å². The molecule has 0 aliphatic heterocycles. The summed E-state index contributed by atoms with van der Waals surface area (Å²) in [6.07, 6.45) is 2.40.